The van der Waals surface area contributed by atoms with Crippen molar-refractivity contribution in [1.82, 2.24) is 15.3 Å². The highest BCUT2D eigenvalue weighted by Gasteiger charge is 2.15. The number of carbonyl (C=O) groups excluding carboxylic acids is 1. The number of rotatable bonds is 2. The smallest absolute Gasteiger partial charge is 0.354 e. The van der Waals surface area contributed by atoms with E-state index in [4.69, 9.17) is 15.3 Å². The number of carboxylic acids is 1. The number of aromatic hydroxyl groups is 2. The molecule has 0 atom stereocenters. The molecular formula is C16H19N3O5. The van der Waals surface area contributed by atoms with Crippen LogP contribution in [-0.4, -0.2) is 42.7 Å². The van der Waals surface area contributed by atoms with Crippen molar-refractivity contribution in [2.45, 2.75) is 26.3 Å². The molecule has 0 aromatic carbocycles. The number of aromatic carboxylic acids is 1. The van der Waals surface area contributed by atoms with Gasteiger partial charge in [0.15, 0.2) is 0 Å². The Kier molecular flexibility index (Phi) is 6.22. The van der Waals surface area contributed by atoms with Crippen molar-refractivity contribution in [1.29, 1.82) is 0 Å². The van der Waals surface area contributed by atoms with Crippen molar-refractivity contribution in [3.05, 3.63) is 48.0 Å². The molecule has 1 amide bonds. The van der Waals surface area contributed by atoms with Gasteiger partial charge in [-0.25, -0.2) is 14.8 Å². The highest BCUT2D eigenvalue weighted by molar-refractivity contribution is 5.92. The third-order valence-corrected chi connectivity index (χ3v) is 2.44. The van der Waals surface area contributed by atoms with E-state index in [-0.39, 0.29) is 28.6 Å². The zero-order valence-corrected chi connectivity index (χ0v) is 13.5. The molecule has 0 aliphatic carbocycles. The van der Waals surface area contributed by atoms with E-state index in [1.165, 1.54) is 30.5 Å². The lowest BCUT2D eigenvalue weighted by atomic mass is 10.1. The fraction of sp³-hybridized carbons (Fsp3) is 0.250. The van der Waals surface area contributed by atoms with Crippen LogP contribution in [0.4, 0.5) is 0 Å². The lowest BCUT2D eigenvalue weighted by Crippen LogP contribution is -2.40. The second-order valence-electron chi connectivity index (χ2n) is 5.81. The van der Waals surface area contributed by atoms with Crippen LogP contribution in [0, 0.1) is 0 Å². The Hall–Kier alpha value is -3.16. The summed E-state index contributed by atoms with van der Waals surface area (Å²) in [6.45, 7) is 5.68. The van der Waals surface area contributed by atoms with Crippen molar-refractivity contribution in [2.75, 3.05) is 0 Å². The van der Waals surface area contributed by atoms with E-state index in [9.17, 15) is 9.59 Å². The van der Waals surface area contributed by atoms with Crippen LogP contribution < -0.4 is 5.32 Å². The van der Waals surface area contributed by atoms with Gasteiger partial charge in [-0.1, -0.05) is 0 Å². The van der Waals surface area contributed by atoms with Crippen LogP contribution in [0.25, 0.3) is 0 Å². The molecule has 2 heterocycles. The average molecular weight is 333 g/mol. The maximum Gasteiger partial charge on any atom is 0.354 e. The predicted octanol–water partition coefficient (Wildman–Crippen LogP) is 1.80. The average Bonchev–Trinajstić information content (AvgIpc) is 2.47. The van der Waals surface area contributed by atoms with Gasteiger partial charge in [0, 0.05) is 5.54 Å². The molecule has 0 fully saturated rings. The van der Waals surface area contributed by atoms with Gasteiger partial charge >= 0.3 is 5.97 Å². The van der Waals surface area contributed by atoms with Gasteiger partial charge in [0.25, 0.3) is 5.91 Å². The number of nitrogens with zero attached hydrogens (tertiary/aromatic N) is 2. The number of amides is 1. The molecule has 0 spiro atoms. The highest BCUT2D eigenvalue weighted by Crippen LogP contribution is 2.07. The van der Waals surface area contributed by atoms with E-state index in [0.29, 0.717) is 5.69 Å². The lowest BCUT2D eigenvalue weighted by molar-refractivity contribution is 0.0690. The van der Waals surface area contributed by atoms with Crippen LogP contribution in [0.1, 0.15) is 41.7 Å². The van der Waals surface area contributed by atoms with E-state index in [1.54, 1.807) is 0 Å². The summed E-state index contributed by atoms with van der Waals surface area (Å²) in [6.07, 6.45) is 2.33. The molecule has 8 heteroatoms. The molecular weight excluding hydrogens is 314 g/mol. The summed E-state index contributed by atoms with van der Waals surface area (Å²) < 4.78 is 0. The quantitative estimate of drug-likeness (QED) is 0.658. The molecule has 0 bridgehead atoms. The number of nitrogens with one attached hydrogen (secondary N) is 1. The van der Waals surface area contributed by atoms with Crippen LogP contribution in [0.15, 0.2) is 36.7 Å². The Morgan fingerprint density at radius 1 is 0.917 bits per heavy atom. The van der Waals surface area contributed by atoms with Gasteiger partial charge in [-0.3, -0.25) is 4.79 Å². The van der Waals surface area contributed by atoms with Gasteiger partial charge in [-0.15, -0.1) is 0 Å². The Labute approximate surface area is 138 Å². The minimum atomic E-state index is -1.10. The predicted molar refractivity (Wildman–Crippen MR) is 86.0 cm³/mol. The maximum absolute atomic E-state index is 11.5. The molecule has 128 valence electrons. The van der Waals surface area contributed by atoms with Gasteiger partial charge in [0.1, 0.15) is 22.9 Å². The second-order valence-corrected chi connectivity index (χ2v) is 5.81. The molecule has 0 aliphatic rings. The van der Waals surface area contributed by atoms with Crippen LogP contribution in [-0.2, 0) is 0 Å². The van der Waals surface area contributed by atoms with Crippen LogP contribution in [0.2, 0.25) is 0 Å². The van der Waals surface area contributed by atoms with Crippen molar-refractivity contribution >= 4 is 11.9 Å². The first kappa shape index (κ1) is 18.9. The van der Waals surface area contributed by atoms with Crippen molar-refractivity contribution in [3.63, 3.8) is 0 Å². The minimum absolute atomic E-state index is 0.0370. The highest BCUT2D eigenvalue weighted by atomic mass is 16.4. The van der Waals surface area contributed by atoms with Gasteiger partial charge in [0.2, 0.25) is 0 Å². The number of carbonyl (C=O) groups is 2. The van der Waals surface area contributed by atoms with Gasteiger partial charge < -0.3 is 20.6 Å². The standard InChI is InChI=1S/C10H14N2O2.C6H5NO3/c1-10(2,3)12-9(14)8-5-4-7(13)6-11-8;8-4-1-2-5(6(9)10)7-3-4/h4-6,13H,1-3H3,(H,12,14);1-3,8H,(H,9,10). The number of aromatic nitrogens is 2. The molecule has 0 radical (unpaired) electrons. The van der Waals surface area contributed by atoms with Crippen LogP contribution >= 0.6 is 0 Å². The van der Waals surface area contributed by atoms with E-state index in [2.05, 4.69) is 15.3 Å². The molecule has 0 saturated carbocycles. The normalized spacial score (nSPS) is 10.3. The molecule has 2 aromatic rings. The van der Waals surface area contributed by atoms with Gasteiger partial charge in [-0.2, -0.15) is 0 Å². The Morgan fingerprint density at radius 2 is 1.38 bits per heavy atom. The number of carboxylic acid groups (broad SMARTS) is 1. The molecule has 0 aliphatic heterocycles. The van der Waals surface area contributed by atoms with E-state index >= 15 is 0 Å². The van der Waals surface area contributed by atoms with Crippen LogP contribution in [0.3, 0.4) is 0 Å². The lowest BCUT2D eigenvalue weighted by Gasteiger charge is -2.19. The van der Waals surface area contributed by atoms with Crippen LogP contribution in [0.5, 0.6) is 11.5 Å². The number of hydrogen-bond donors (Lipinski definition) is 4. The summed E-state index contributed by atoms with van der Waals surface area (Å²) in [5.74, 6) is -1.32. The zero-order chi connectivity index (χ0) is 18.3. The second kappa shape index (κ2) is 7.91. The molecule has 24 heavy (non-hydrogen) atoms. The van der Waals surface area contributed by atoms with Gasteiger partial charge in [-0.05, 0) is 45.0 Å². The first-order valence-corrected chi connectivity index (χ1v) is 6.94. The molecule has 0 unspecified atom stereocenters. The molecule has 2 rings (SSSR count). The van der Waals surface area contributed by atoms with E-state index in [0.717, 1.165) is 6.20 Å². The van der Waals surface area contributed by atoms with Crippen molar-refractivity contribution < 1.29 is 24.9 Å². The summed E-state index contributed by atoms with van der Waals surface area (Å²) >= 11 is 0. The fourth-order valence-electron chi connectivity index (χ4n) is 1.44. The summed E-state index contributed by atoms with van der Waals surface area (Å²) in [5, 5.41) is 28.8. The van der Waals surface area contributed by atoms with Gasteiger partial charge in [0.05, 0.1) is 12.4 Å². The largest absolute Gasteiger partial charge is 0.506 e. The minimum Gasteiger partial charge on any atom is -0.506 e. The summed E-state index contributed by atoms with van der Waals surface area (Å²) in [5.41, 5.74) is -0.0491. The molecule has 0 saturated heterocycles. The SMILES string of the molecule is CC(C)(C)NC(=O)c1ccc(O)cn1.O=C(O)c1ccc(O)cn1. The van der Waals surface area contributed by atoms with Crippen molar-refractivity contribution in [2.24, 2.45) is 0 Å². The monoisotopic (exact) mass is 333 g/mol. The van der Waals surface area contributed by atoms with E-state index < -0.39 is 5.97 Å². The number of pyridine rings is 2. The Bertz CT molecular complexity index is 691. The first-order chi connectivity index (χ1) is 11.1. The number of hydrogen-bond acceptors (Lipinski definition) is 6. The maximum atomic E-state index is 11.5. The summed E-state index contributed by atoms with van der Waals surface area (Å²) in [6, 6.07) is 5.43. The fourth-order valence-corrected chi connectivity index (χ4v) is 1.44. The zero-order valence-electron chi connectivity index (χ0n) is 13.5. The Balaban J connectivity index is 0.000000254. The summed E-state index contributed by atoms with van der Waals surface area (Å²) in [7, 11) is 0. The molecule has 4 N–H and O–H groups in total. The third kappa shape index (κ3) is 6.73. The molecule has 8 nitrogen and oxygen atoms in total. The topological polar surface area (TPSA) is 133 Å². The molecule has 2 aromatic heterocycles. The van der Waals surface area contributed by atoms with Crippen molar-refractivity contribution in [3.8, 4) is 11.5 Å². The summed E-state index contributed by atoms with van der Waals surface area (Å²) in [4.78, 5) is 28.9. The Morgan fingerprint density at radius 3 is 1.71 bits per heavy atom. The van der Waals surface area contributed by atoms with E-state index in [1.807, 2.05) is 20.8 Å². The first-order valence-electron chi connectivity index (χ1n) is 6.94. The third-order valence-electron chi connectivity index (χ3n) is 2.44.